The van der Waals surface area contributed by atoms with Gasteiger partial charge in [-0.3, -0.25) is 38.6 Å². The number of piperidine rings is 2. The van der Waals surface area contributed by atoms with Gasteiger partial charge in [0.25, 0.3) is 11.5 Å². The van der Waals surface area contributed by atoms with Crippen molar-refractivity contribution in [2.45, 2.75) is 70.9 Å². The van der Waals surface area contributed by atoms with Crippen LogP contribution in [0.2, 0.25) is 5.02 Å². The van der Waals surface area contributed by atoms with E-state index in [0.29, 0.717) is 52.3 Å². The lowest BCUT2D eigenvalue weighted by Gasteiger charge is -2.49. The summed E-state index contributed by atoms with van der Waals surface area (Å²) in [6, 6.07) is 9.47. The fraction of sp³-hybridized carbons (Fsp3) is 0.488. The predicted molar refractivity (Wildman–Crippen MR) is 235 cm³/mol. The van der Waals surface area contributed by atoms with Crippen LogP contribution in [0.4, 0.5) is 23.1 Å². The van der Waals surface area contributed by atoms with Crippen LogP contribution in [0.25, 0.3) is 21.9 Å². The number of fused-ring (bicyclic) bond motifs is 2. The molecule has 7 heterocycles. The fourth-order valence-electron chi connectivity index (χ4n) is 8.97. The van der Waals surface area contributed by atoms with Crippen LogP contribution in [-0.4, -0.2) is 110 Å². The molecule has 0 aliphatic carbocycles. The van der Waals surface area contributed by atoms with E-state index in [1.54, 1.807) is 23.0 Å². The van der Waals surface area contributed by atoms with Crippen LogP contribution in [0.3, 0.4) is 0 Å². The fourth-order valence-corrected chi connectivity index (χ4v) is 9.11. The number of pyridine rings is 2. The van der Waals surface area contributed by atoms with E-state index < -0.39 is 5.92 Å². The average Bonchev–Trinajstić information content (AvgIpc) is 3.57. The van der Waals surface area contributed by atoms with Gasteiger partial charge < -0.3 is 25.2 Å². The molecular weight excluding hydrogens is 800 g/mol. The number of imide groups is 1. The Morgan fingerprint density at radius 1 is 1.03 bits per heavy atom. The number of amides is 3. The van der Waals surface area contributed by atoms with Crippen LogP contribution >= 0.6 is 11.6 Å². The number of halogens is 1. The lowest BCUT2D eigenvalue weighted by molar-refractivity contribution is -0.134. The predicted octanol–water partition coefficient (Wildman–Crippen LogP) is 4.51. The van der Waals surface area contributed by atoms with Crippen molar-refractivity contribution in [3.05, 3.63) is 63.8 Å². The van der Waals surface area contributed by atoms with E-state index >= 15 is 0 Å². The number of likely N-dealkylation sites (N-methyl/N-ethyl adjacent to an activating group) is 1. The van der Waals surface area contributed by atoms with Crippen LogP contribution in [0.1, 0.15) is 71.0 Å². The van der Waals surface area contributed by atoms with Crippen LogP contribution in [0.15, 0.2) is 47.5 Å². The van der Waals surface area contributed by atoms with E-state index in [1.165, 1.54) is 7.05 Å². The van der Waals surface area contributed by atoms with E-state index in [4.69, 9.17) is 26.4 Å². The van der Waals surface area contributed by atoms with Gasteiger partial charge >= 0.3 is 0 Å². The first-order valence-corrected chi connectivity index (χ1v) is 21.3. The number of nitrogens with one attached hydrogen (secondary N) is 3. The molecule has 8 rings (SSSR count). The third kappa shape index (κ3) is 8.45. The van der Waals surface area contributed by atoms with Crippen LogP contribution in [0, 0.1) is 5.92 Å². The highest BCUT2D eigenvalue weighted by Gasteiger charge is 2.38. The number of para-hydroxylation sites is 1. The van der Waals surface area contributed by atoms with Crippen molar-refractivity contribution >= 4 is 74.4 Å². The van der Waals surface area contributed by atoms with Gasteiger partial charge in [0.15, 0.2) is 18.2 Å². The minimum atomic E-state index is -0.442. The molecule has 3 amide bonds. The molecule has 5 aromatic rings. The van der Waals surface area contributed by atoms with E-state index in [9.17, 15) is 19.2 Å². The first kappa shape index (κ1) is 41.9. The van der Waals surface area contributed by atoms with Crippen molar-refractivity contribution in [1.82, 2.24) is 44.8 Å². The van der Waals surface area contributed by atoms with Crippen molar-refractivity contribution in [1.29, 1.82) is 0 Å². The Kier molecular flexibility index (Phi) is 11.6. The third-order valence-electron chi connectivity index (χ3n) is 12.2. The zero-order chi connectivity index (χ0) is 43.2. The topological polar surface area (TPSA) is 185 Å². The number of carbonyl (C=O) groups excluding carboxylic acids is 3. The molecule has 0 spiro atoms. The van der Waals surface area contributed by atoms with E-state index in [2.05, 4.69) is 60.5 Å². The second-order valence-corrected chi connectivity index (χ2v) is 17.6. The van der Waals surface area contributed by atoms with Gasteiger partial charge in [-0.1, -0.05) is 23.7 Å². The Labute approximate surface area is 358 Å². The Balaban J connectivity index is 0.907. The Morgan fingerprint density at radius 2 is 1.82 bits per heavy atom. The highest BCUT2D eigenvalue weighted by atomic mass is 35.5. The molecule has 0 saturated carbocycles. The number of hydrogen-bond acceptors (Lipinski definition) is 13. The van der Waals surface area contributed by atoms with Gasteiger partial charge in [0.1, 0.15) is 10.7 Å². The molecule has 3 aliphatic heterocycles. The Morgan fingerprint density at radius 3 is 2.54 bits per heavy atom. The maximum absolute atomic E-state index is 13.2. The summed E-state index contributed by atoms with van der Waals surface area (Å²) in [4.78, 5) is 71.0. The van der Waals surface area contributed by atoms with Crippen molar-refractivity contribution in [3.8, 4) is 5.75 Å². The van der Waals surface area contributed by atoms with Crippen molar-refractivity contribution in [2.24, 2.45) is 13.0 Å². The number of anilines is 4. The SMILES string of the molecule is CNC(=O)COc1cc2cc(Nc3nc(N4CCC(CN5CCN(c6cccc7c(C8CCC(=O)NC8=O)nn(C)c67)CC5(C)C)CC4)ncc3Cl)cnc2n(C(C)C)c1=O. The molecule has 0 bridgehead atoms. The summed E-state index contributed by atoms with van der Waals surface area (Å²) in [5.74, 6) is 0.321. The number of benzene rings is 1. The monoisotopic (exact) mass is 852 g/mol. The molecule has 0 radical (unpaired) electrons. The van der Waals surface area contributed by atoms with Gasteiger partial charge in [-0.25, -0.2) is 9.97 Å². The molecular formula is C43H53ClN12O5. The third-order valence-corrected chi connectivity index (χ3v) is 12.5. The molecule has 1 aromatic carbocycles. The van der Waals surface area contributed by atoms with Gasteiger partial charge in [-0.2, -0.15) is 10.1 Å². The van der Waals surface area contributed by atoms with Gasteiger partial charge in [0.05, 0.1) is 40.9 Å². The summed E-state index contributed by atoms with van der Waals surface area (Å²) in [5, 5.41) is 15.1. The number of ether oxygens (including phenoxy) is 1. The lowest BCUT2D eigenvalue weighted by atomic mass is 9.91. The smallest absolute Gasteiger partial charge is 0.294 e. The van der Waals surface area contributed by atoms with Crippen molar-refractivity contribution in [3.63, 3.8) is 0 Å². The molecule has 3 N–H and O–H groups in total. The largest absolute Gasteiger partial charge is 0.478 e. The normalized spacial score (nSPS) is 18.9. The molecule has 4 aromatic heterocycles. The molecule has 18 heteroatoms. The Hall–Kier alpha value is -5.81. The van der Waals surface area contributed by atoms with E-state index in [0.717, 1.165) is 74.4 Å². The van der Waals surface area contributed by atoms with Gasteiger partial charge in [0.2, 0.25) is 17.8 Å². The molecule has 61 heavy (non-hydrogen) atoms. The minimum Gasteiger partial charge on any atom is -0.478 e. The second kappa shape index (κ2) is 16.9. The van der Waals surface area contributed by atoms with E-state index in [1.807, 2.05) is 43.8 Å². The number of piperazine rings is 1. The average molecular weight is 853 g/mol. The standard InChI is InChI=1S/C43H53ClN12O5/c1-25(2)56-39-27(19-33(41(56)60)61-23-35(58)45-5)18-28(20-46-39)48-38-31(44)21-47-42(50-38)53-14-12-26(13-15-53)22-55-17-16-54(24-43(55,3)4)32-9-7-8-29-36(51-52(6)37(29)32)30-10-11-34(57)49-40(30)59/h7-9,18-21,25-26,30H,10-17,22-24H2,1-6H3,(H,45,58)(H,47,48,50)(H,49,57,59). The van der Waals surface area contributed by atoms with Gasteiger partial charge in [-0.15, -0.1) is 0 Å². The quantitative estimate of drug-likeness (QED) is 0.158. The molecule has 17 nitrogen and oxygen atoms in total. The minimum absolute atomic E-state index is 0.0578. The summed E-state index contributed by atoms with van der Waals surface area (Å²) in [6.07, 6.45) is 6.02. The first-order chi connectivity index (χ1) is 29.2. The summed E-state index contributed by atoms with van der Waals surface area (Å²) in [6.45, 7) is 13.4. The number of hydrogen-bond donors (Lipinski definition) is 3. The number of aromatic nitrogens is 6. The molecule has 3 saturated heterocycles. The molecule has 3 aliphatic rings. The number of rotatable bonds is 11. The first-order valence-electron chi connectivity index (χ1n) is 20.9. The number of nitrogens with zero attached hydrogens (tertiary/aromatic N) is 9. The summed E-state index contributed by atoms with van der Waals surface area (Å²) >= 11 is 6.62. The summed E-state index contributed by atoms with van der Waals surface area (Å²) in [7, 11) is 3.44. The Bertz CT molecular complexity index is 2560. The maximum atomic E-state index is 13.2. The van der Waals surface area contributed by atoms with Gasteiger partial charge in [-0.05, 0) is 71.1 Å². The van der Waals surface area contributed by atoms with E-state index in [-0.39, 0.29) is 47.2 Å². The summed E-state index contributed by atoms with van der Waals surface area (Å²) in [5.41, 5.74) is 3.49. The van der Waals surface area contributed by atoms with Crippen LogP contribution < -0.4 is 36.0 Å². The highest BCUT2D eigenvalue weighted by molar-refractivity contribution is 6.33. The molecule has 1 unspecified atom stereocenters. The van der Waals surface area contributed by atoms with Gasteiger partial charge in [0, 0.05) is 82.1 Å². The lowest BCUT2D eigenvalue weighted by Crippen LogP contribution is -2.60. The second-order valence-electron chi connectivity index (χ2n) is 17.2. The summed E-state index contributed by atoms with van der Waals surface area (Å²) < 4.78 is 9.04. The molecule has 1 atom stereocenters. The van der Waals surface area contributed by atoms with Crippen molar-refractivity contribution in [2.75, 3.05) is 68.0 Å². The zero-order valence-electron chi connectivity index (χ0n) is 35.5. The number of carbonyl (C=O) groups is 3. The van der Waals surface area contributed by atoms with Crippen LogP contribution in [-0.2, 0) is 21.4 Å². The maximum Gasteiger partial charge on any atom is 0.294 e. The zero-order valence-corrected chi connectivity index (χ0v) is 36.3. The number of aryl methyl sites for hydroxylation is 1. The molecule has 322 valence electrons. The highest BCUT2D eigenvalue weighted by Crippen LogP contribution is 2.37. The van der Waals surface area contributed by atoms with Crippen LogP contribution in [0.5, 0.6) is 5.75 Å². The molecule has 3 fully saturated rings. The van der Waals surface area contributed by atoms with Crippen molar-refractivity contribution < 1.29 is 19.1 Å².